The lowest BCUT2D eigenvalue weighted by atomic mass is 9.99. The standard InChI is InChI=1S/C22H22Cl2FNO9/c23-12-2-1-8(6-33-22-18(29)16(27)17(28)20(35-22)21(30)31)15(24)14(12)11-3-9(25)4-13-19(11)34-10(5-26)7-32-13/h1-4,10,16-18,20,22,27-29H,5-7,26H2,(H,30,31)/t10-,16?,17?,18?,20?,22?/m0/s1. The third kappa shape index (κ3) is 5.04. The van der Waals surface area contributed by atoms with Crippen LogP contribution in [-0.2, 0) is 20.9 Å². The van der Waals surface area contributed by atoms with Crippen LogP contribution >= 0.6 is 23.2 Å². The number of hydrogen-bond donors (Lipinski definition) is 5. The second-order valence-corrected chi connectivity index (χ2v) is 8.79. The SMILES string of the molecule is NC[C@H]1COc2cc(F)cc(-c3c(Cl)ccc(COC4OC(C(=O)O)C(O)C(O)C4O)c3Cl)c2O1. The van der Waals surface area contributed by atoms with Gasteiger partial charge < -0.3 is 45.1 Å². The fourth-order valence-electron chi connectivity index (χ4n) is 3.80. The van der Waals surface area contributed by atoms with E-state index in [2.05, 4.69) is 0 Å². The van der Waals surface area contributed by atoms with E-state index in [1.165, 1.54) is 24.3 Å². The molecule has 4 rings (SSSR count). The van der Waals surface area contributed by atoms with Crippen molar-refractivity contribution in [2.75, 3.05) is 13.2 Å². The molecule has 35 heavy (non-hydrogen) atoms. The van der Waals surface area contributed by atoms with Gasteiger partial charge in [-0.2, -0.15) is 0 Å². The molecule has 0 radical (unpaired) electrons. The summed E-state index contributed by atoms with van der Waals surface area (Å²) in [6, 6.07) is 5.34. The van der Waals surface area contributed by atoms with Gasteiger partial charge in [0.25, 0.3) is 0 Å². The Bertz CT molecular complexity index is 1120. The van der Waals surface area contributed by atoms with Crippen LogP contribution in [0.3, 0.4) is 0 Å². The number of nitrogens with two attached hydrogens (primary N) is 1. The highest BCUT2D eigenvalue weighted by atomic mass is 35.5. The minimum absolute atomic E-state index is 0.0597. The third-order valence-corrected chi connectivity index (χ3v) is 6.39. The van der Waals surface area contributed by atoms with Crippen LogP contribution in [0.25, 0.3) is 11.1 Å². The first-order chi connectivity index (χ1) is 16.6. The Morgan fingerprint density at radius 1 is 1.17 bits per heavy atom. The van der Waals surface area contributed by atoms with Crippen LogP contribution in [0.4, 0.5) is 4.39 Å². The molecule has 1 saturated heterocycles. The highest BCUT2D eigenvalue weighted by Gasteiger charge is 2.47. The summed E-state index contributed by atoms with van der Waals surface area (Å²) in [6.07, 6.45) is -9.29. The summed E-state index contributed by atoms with van der Waals surface area (Å²) in [7, 11) is 0. The minimum atomic E-state index is -1.85. The molecule has 10 nitrogen and oxygen atoms in total. The molecule has 0 saturated carbocycles. The van der Waals surface area contributed by atoms with Crippen molar-refractivity contribution in [1.82, 2.24) is 0 Å². The number of fused-ring (bicyclic) bond motifs is 1. The third-order valence-electron chi connectivity index (χ3n) is 5.65. The minimum Gasteiger partial charge on any atom is -0.486 e. The molecule has 0 amide bonds. The average Bonchev–Trinajstić information content (AvgIpc) is 2.82. The Labute approximate surface area is 208 Å². The second-order valence-electron chi connectivity index (χ2n) is 8.01. The molecule has 2 heterocycles. The highest BCUT2D eigenvalue weighted by Crippen LogP contribution is 2.47. The molecular weight excluding hydrogens is 512 g/mol. The number of carboxylic acid groups (broad SMARTS) is 1. The van der Waals surface area contributed by atoms with Crippen molar-refractivity contribution < 1.29 is 48.6 Å². The van der Waals surface area contributed by atoms with Crippen LogP contribution < -0.4 is 15.2 Å². The molecule has 6 atom stereocenters. The van der Waals surface area contributed by atoms with Gasteiger partial charge in [-0.3, -0.25) is 0 Å². The molecule has 1 fully saturated rings. The van der Waals surface area contributed by atoms with Gasteiger partial charge in [0.15, 0.2) is 23.9 Å². The lowest BCUT2D eigenvalue weighted by Crippen LogP contribution is -2.60. The summed E-state index contributed by atoms with van der Waals surface area (Å²) in [5, 5.41) is 39.3. The van der Waals surface area contributed by atoms with Crippen LogP contribution in [0.15, 0.2) is 24.3 Å². The maximum absolute atomic E-state index is 14.4. The van der Waals surface area contributed by atoms with Crippen molar-refractivity contribution in [2.45, 2.75) is 43.4 Å². The monoisotopic (exact) mass is 533 g/mol. The van der Waals surface area contributed by atoms with Gasteiger partial charge in [0.1, 0.15) is 36.8 Å². The first-order valence-electron chi connectivity index (χ1n) is 10.5. The lowest BCUT2D eigenvalue weighted by Gasteiger charge is -2.38. The number of hydrogen-bond acceptors (Lipinski definition) is 9. The van der Waals surface area contributed by atoms with E-state index < -0.39 is 48.6 Å². The fourth-order valence-corrected chi connectivity index (χ4v) is 4.43. The van der Waals surface area contributed by atoms with E-state index in [0.717, 1.165) is 0 Å². The molecule has 6 N–H and O–H groups in total. The normalized spacial score (nSPS) is 28.1. The van der Waals surface area contributed by atoms with Gasteiger partial charge in [-0.25, -0.2) is 9.18 Å². The number of aliphatic carboxylic acids is 1. The summed E-state index contributed by atoms with van der Waals surface area (Å²) in [4.78, 5) is 11.3. The van der Waals surface area contributed by atoms with Gasteiger partial charge in [-0.1, -0.05) is 29.3 Å². The molecular formula is C22H22Cl2FNO9. The van der Waals surface area contributed by atoms with Crippen LogP contribution in [0.2, 0.25) is 10.0 Å². The molecule has 2 aliphatic heterocycles. The quantitative estimate of drug-likeness (QED) is 0.366. The van der Waals surface area contributed by atoms with Gasteiger partial charge in [0.05, 0.1) is 16.7 Å². The predicted octanol–water partition coefficient (Wildman–Crippen LogP) is 1.31. The molecule has 2 aromatic carbocycles. The summed E-state index contributed by atoms with van der Waals surface area (Å²) in [6.45, 7) is -0.0172. The smallest absolute Gasteiger partial charge is 0.335 e. The van der Waals surface area contributed by atoms with Crippen molar-refractivity contribution in [3.63, 3.8) is 0 Å². The lowest BCUT2D eigenvalue weighted by molar-refractivity contribution is -0.297. The molecule has 13 heteroatoms. The number of benzene rings is 2. The number of carbonyl (C=O) groups is 1. The number of ether oxygens (including phenoxy) is 4. The molecule has 2 aromatic rings. The largest absolute Gasteiger partial charge is 0.486 e. The van der Waals surface area contributed by atoms with E-state index in [9.17, 15) is 29.6 Å². The first kappa shape index (κ1) is 25.9. The number of aliphatic hydroxyl groups is 3. The predicted molar refractivity (Wildman–Crippen MR) is 120 cm³/mol. The summed E-state index contributed by atoms with van der Waals surface area (Å²) in [5.41, 5.74) is 6.43. The zero-order valence-electron chi connectivity index (χ0n) is 17.9. The molecule has 2 aliphatic rings. The van der Waals surface area contributed by atoms with E-state index >= 15 is 0 Å². The topological polar surface area (TPSA) is 161 Å². The highest BCUT2D eigenvalue weighted by molar-refractivity contribution is 6.39. The van der Waals surface area contributed by atoms with Crippen LogP contribution in [0.1, 0.15) is 5.56 Å². The molecule has 190 valence electrons. The number of aliphatic hydroxyl groups excluding tert-OH is 3. The second kappa shape index (κ2) is 10.4. The number of halogens is 3. The van der Waals surface area contributed by atoms with E-state index in [1.807, 2.05) is 0 Å². The Morgan fingerprint density at radius 3 is 2.60 bits per heavy atom. The van der Waals surface area contributed by atoms with Crippen molar-refractivity contribution >= 4 is 29.2 Å². The van der Waals surface area contributed by atoms with Crippen molar-refractivity contribution in [1.29, 1.82) is 0 Å². The summed E-state index contributed by atoms with van der Waals surface area (Å²) >= 11 is 13.0. The van der Waals surface area contributed by atoms with Gasteiger partial charge in [-0.05, 0) is 17.7 Å². The van der Waals surface area contributed by atoms with Crippen LogP contribution in [0, 0.1) is 5.82 Å². The zero-order chi connectivity index (χ0) is 25.4. The first-order valence-corrected chi connectivity index (χ1v) is 11.2. The Kier molecular flexibility index (Phi) is 7.69. The zero-order valence-corrected chi connectivity index (χ0v) is 19.4. The van der Waals surface area contributed by atoms with Gasteiger partial charge >= 0.3 is 5.97 Å². The number of carboxylic acids is 1. The van der Waals surface area contributed by atoms with Crippen molar-refractivity contribution in [3.8, 4) is 22.6 Å². The fraction of sp³-hybridized carbons (Fsp3) is 0.409. The summed E-state index contributed by atoms with van der Waals surface area (Å²) in [5.74, 6) is -1.79. The van der Waals surface area contributed by atoms with E-state index in [4.69, 9.17) is 47.9 Å². The van der Waals surface area contributed by atoms with Gasteiger partial charge in [-0.15, -0.1) is 0 Å². The van der Waals surface area contributed by atoms with Gasteiger partial charge in [0, 0.05) is 23.7 Å². The van der Waals surface area contributed by atoms with Crippen molar-refractivity contribution in [2.24, 2.45) is 5.73 Å². The van der Waals surface area contributed by atoms with E-state index in [-0.39, 0.29) is 52.4 Å². The Balaban J connectivity index is 1.64. The summed E-state index contributed by atoms with van der Waals surface area (Å²) < 4.78 is 36.4. The van der Waals surface area contributed by atoms with E-state index in [1.54, 1.807) is 0 Å². The molecule has 0 aliphatic carbocycles. The van der Waals surface area contributed by atoms with Crippen molar-refractivity contribution in [3.05, 3.63) is 45.7 Å². The maximum atomic E-state index is 14.4. The Hall–Kier alpha value is -2.22. The Morgan fingerprint density at radius 2 is 1.91 bits per heavy atom. The van der Waals surface area contributed by atoms with Crippen LogP contribution in [-0.4, -0.2) is 76.4 Å². The molecule has 0 aromatic heterocycles. The number of rotatable bonds is 6. The van der Waals surface area contributed by atoms with Crippen LogP contribution in [0.5, 0.6) is 11.5 Å². The molecule has 0 spiro atoms. The molecule has 5 unspecified atom stereocenters. The average molecular weight is 534 g/mol. The van der Waals surface area contributed by atoms with E-state index in [0.29, 0.717) is 5.56 Å². The molecule has 0 bridgehead atoms. The maximum Gasteiger partial charge on any atom is 0.335 e. The van der Waals surface area contributed by atoms with Gasteiger partial charge in [0.2, 0.25) is 0 Å².